The molecular formula is C20H24N4O2. The van der Waals surface area contributed by atoms with Crippen LogP contribution in [0.15, 0.2) is 25.0 Å². The van der Waals surface area contributed by atoms with Crippen LogP contribution >= 0.6 is 0 Å². The lowest BCUT2D eigenvalue weighted by atomic mass is 9.89. The molecule has 0 bridgehead atoms. The Bertz CT molecular complexity index is 881. The average molecular weight is 352 g/mol. The summed E-state index contributed by atoms with van der Waals surface area (Å²) in [6, 6.07) is 0. The van der Waals surface area contributed by atoms with Crippen molar-refractivity contribution < 1.29 is 9.59 Å². The van der Waals surface area contributed by atoms with Gasteiger partial charge < -0.3 is 9.88 Å². The zero-order valence-corrected chi connectivity index (χ0v) is 15.1. The molecule has 0 aromatic carbocycles. The second-order valence-corrected chi connectivity index (χ2v) is 7.62. The Morgan fingerprint density at radius 3 is 2.96 bits per heavy atom. The summed E-state index contributed by atoms with van der Waals surface area (Å²) in [7, 11) is 0. The maximum absolute atomic E-state index is 12.3. The van der Waals surface area contributed by atoms with Gasteiger partial charge in [-0.2, -0.15) is 0 Å². The van der Waals surface area contributed by atoms with E-state index in [9.17, 15) is 9.59 Å². The second-order valence-electron chi connectivity index (χ2n) is 7.62. The number of aromatic nitrogens is 3. The Morgan fingerprint density at radius 1 is 1.46 bits per heavy atom. The molecule has 1 saturated heterocycles. The number of hydrogen-bond acceptors (Lipinski definition) is 4. The molecule has 2 aromatic heterocycles. The van der Waals surface area contributed by atoms with Gasteiger partial charge in [-0.1, -0.05) is 13.5 Å². The number of H-pyrrole nitrogens is 1. The molecule has 1 aliphatic carbocycles. The van der Waals surface area contributed by atoms with Crippen LogP contribution in [0.4, 0.5) is 0 Å². The quantitative estimate of drug-likeness (QED) is 0.640. The molecule has 2 aromatic rings. The van der Waals surface area contributed by atoms with Crippen LogP contribution in [0.5, 0.6) is 0 Å². The van der Waals surface area contributed by atoms with Crippen molar-refractivity contribution in [3.63, 3.8) is 0 Å². The number of amides is 1. The van der Waals surface area contributed by atoms with Crippen molar-refractivity contribution in [1.82, 2.24) is 19.9 Å². The van der Waals surface area contributed by atoms with Crippen molar-refractivity contribution >= 4 is 22.9 Å². The largest absolute Gasteiger partial charge is 0.344 e. The molecule has 0 radical (unpaired) electrons. The van der Waals surface area contributed by atoms with E-state index in [2.05, 4.69) is 16.5 Å². The van der Waals surface area contributed by atoms with Crippen LogP contribution in [0.25, 0.3) is 11.2 Å². The minimum absolute atomic E-state index is 0.0124. The molecule has 6 heteroatoms. The first-order chi connectivity index (χ1) is 12.6. The average Bonchev–Trinajstić information content (AvgIpc) is 3.15. The van der Waals surface area contributed by atoms with E-state index in [1.54, 1.807) is 12.4 Å². The molecule has 2 aliphatic rings. The number of likely N-dealkylation sites (tertiary alicyclic amines) is 1. The van der Waals surface area contributed by atoms with Gasteiger partial charge in [0.2, 0.25) is 5.91 Å². The van der Waals surface area contributed by atoms with Crippen LogP contribution in [-0.2, 0) is 11.2 Å². The molecule has 1 atom stereocenters. The van der Waals surface area contributed by atoms with E-state index >= 15 is 0 Å². The van der Waals surface area contributed by atoms with Crippen LogP contribution in [0.1, 0.15) is 48.7 Å². The number of hydrogen-bond donors (Lipinski definition) is 1. The molecule has 1 N–H and O–H groups in total. The van der Waals surface area contributed by atoms with Crippen LogP contribution in [-0.4, -0.2) is 44.6 Å². The fraction of sp³-hybridized carbons (Fsp3) is 0.500. The van der Waals surface area contributed by atoms with E-state index in [4.69, 9.17) is 4.98 Å². The van der Waals surface area contributed by atoms with Crippen LogP contribution < -0.4 is 0 Å². The van der Waals surface area contributed by atoms with Gasteiger partial charge in [0.1, 0.15) is 5.52 Å². The van der Waals surface area contributed by atoms with Gasteiger partial charge in [-0.3, -0.25) is 9.59 Å². The molecular weight excluding hydrogens is 328 g/mol. The number of carbonyl (C=O) groups is 2. The van der Waals surface area contributed by atoms with Gasteiger partial charge >= 0.3 is 0 Å². The van der Waals surface area contributed by atoms with Crippen molar-refractivity contribution in [2.24, 2.45) is 11.3 Å². The summed E-state index contributed by atoms with van der Waals surface area (Å²) >= 11 is 0. The molecule has 6 nitrogen and oxygen atoms in total. The van der Waals surface area contributed by atoms with Gasteiger partial charge in [-0.05, 0) is 43.1 Å². The molecule has 136 valence electrons. The third-order valence-electron chi connectivity index (χ3n) is 5.85. The van der Waals surface area contributed by atoms with Gasteiger partial charge in [0.25, 0.3) is 0 Å². The first-order valence-electron chi connectivity index (χ1n) is 9.34. The fourth-order valence-corrected chi connectivity index (χ4v) is 4.19. The van der Waals surface area contributed by atoms with Crippen LogP contribution in [0.2, 0.25) is 0 Å². The molecule has 3 heterocycles. The number of Topliss-reactive ketones (excluding diaryl/α,β-unsaturated/α-hetero) is 1. The topological polar surface area (TPSA) is 79.0 Å². The standard InChI is InChI=1S/C20H24N4O2/c1-3-5-16(25)15-10-22-19-18(15)23-14(9-21-19)8-13-11-24(17(26)4-2)12-20(13)6-7-20/h4,9-10,13H,2-3,5-8,11-12H2,1H3,(H,21,22). The highest BCUT2D eigenvalue weighted by Gasteiger charge is 2.55. The Labute approximate surface area is 152 Å². The van der Waals surface area contributed by atoms with Crippen molar-refractivity contribution in [1.29, 1.82) is 0 Å². The predicted octanol–water partition coefficient (Wildman–Crippen LogP) is 2.91. The Hall–Kier alpha value is -2.50. The van der Waals surface area contributed by atoms with Gasteiger partial charge in [-0.15, -0.1) is 0 Å². The summed E-state index contributed by atoms with van der Waals surface area (Å²) in [5.74, 6) is 0.512. The number of fused-ring (bicyclic) bond motifs is 1. The van der Waals surface area contributed by atoms with E-state index in [1.807, 2.05) is 11.8 Å². The van der Waals surface area contributed by atoms with Crippen molar-refractivity contribution in [2.45, 2.75) is 39.0 Å². The summed E-state index contributed by atoms with van der Waals surface area (Å²) in [6.45, 7) is 7.17. The SMILES string of the molecule is C=CC(=O)N1CC(Cc2cnc3[nH]cc(C(=O)CCC)c3n2)C2(CC2)C1. The monoisotopic (exact) mass is 352 g/mol. The molecule has 4 rings (SSSR count). The van der Waals surface area contributed by atoms with E-state index in [0.29, 0.717) is 29.1 Å². The maximum Gasteiger partial charge on any atom is 0.245 e. The first-order valence-corrected chi connectivity index (χ1v) is 9.34. The summed E-state index contributed by atoms with van der Waals surface area (Å²) < 4.78 is 0. The van der Waals surface area contributed by atoms with Gasteiger partial charge in [-0.25, -0.2) is 9.97 Å². The van der Waals surface area contributed by atoms with E-state index < -0.39 is 0 Å². The summed E-state index contributed by atoms with van der Waals surface area (Å²) in [5.41, 5.74) is 3.10. The van der Waals surface area contributed by atoms with Crippen molar-refractivity contribution in [2.75, 3.05) is 13.1 Å². The first kappa shape index (κ1) is 16.9. The molecule has 1 amide bonds. The predicted molar refractivity (Wildman–Crippen MR) is 98.8 cm³/mol. The van der Waals surface area contributed by atoms with E-state index in [1.165, 1.54) is 18.9 Å². The van der Waals surface area contributed by atoms with E-state index in [0.717, 1.165) is 31.6 Å². The van der Waals surface area contributed by atoms with Gasteiger partial charge in [0.05, 0.1) is 17.5 Å². The minimum atomic E-state index is 0.0124. The lowest BCUT2D eigenvalue weighted by Gasteiger charge is -2.15. The zero-order valence-electron chi connectivity index (χ0n) is 15.1. The lowest BCUT2D eigenvalue weighted by Crippen LogP contribution is -2.27. The smallest absolute Gasteiger partial charge is 0.245 e. The normalized spacial score (nSPS) is 20.7. The minimum Gasteiger partial charge on any atom is -0.344 e. The highest BCUT2D eigenvalue weighted by Crippen LogP contribution is 2.57. The van der Waals surface area contributed by atoms with Crippen molar-refractivity contribution in [3.8, 4) is 0 Å². The van der Waals surface area contributed by atoms with E-state index in [-0.39, 0.29) is 17.1 Å². The highest BCUT2D eigenvalue weighted by atomic mass is 16.2. The Kier molecular flexibility index (Phi) is 4.13. The van der Waals surface area contributed by atoms with Crippen LogP contribution in [0.3, 0.4) is 0 Å². The van der Waals surface area contributed by atoms with Crippen LogP contribution in [0, 0.1) is 11.3 Å². The fourth-order valence-electron chi connectivity index (χ4n) is 4.19. The number of ketones is 1. The molecule has 26 heavy (non-hydrogen) atoms. The van der Waals surface area contributed by atoms with Gasteiger partial charge in [0, 0.05) is 25.7 Å². The highest BCUT2D eigenvalue weighted by molar-refractivity contribution is 6.05. The summed E-state index contributed by atoms with van der Waals surface area (Å²) in [4.78, 5) is 38.4. The van der Waals surface area contributed by atoms with Gasteiger partial charge in [0.15, 0.2) is 11.4 Å². The Morgan fingerprint density at radius 2 is 2.27 bits per heavy atom. The molecule has 2 fully saturated rings. The molecule has 1 aliphatic heterocycles. The Balaban J connectivity index is 1.58. The maximum atomic E-state index is 12.3. The number of nitrogens with zero attached hydrogens (tertiary/aromatic N) is 3. The third kappa shape index (κ3) is 2.83. The molecule has 1 unspecified atom stereocenters. The third-order valence-corrected chi connectivity index (χ3v) is 5.85. The summed E-state index contributed by atoms with van der Waals surface area (Å²) in [6.07, 6.45) is 9.36. The molecule has 1 saturated carbocycles. The second kappa shape index (κ2) is 6.34. The van der Waals surface area contributed by atoms with Crippen molar-refractivity contribution in [3.05, 3.63) is 36.3 Å². The number of carbonyl (C=O) groups excluding carboxylic acids is 2. The number of aromatic amines is 1. The lowest BCUT2D eigenvalue weighted by molar-refractivity contribution is -0.125. The zero-order chi connectivity index (χ0) is 18.3. The number of rotatable bonds is 6. The molecule has 1 spiro atoms. The summed E-state index contributed by atoms with van der Waals surface area (Å²) in [5, 5.41) is 0. The number of nitrogens with one attached hydrogen (secondary N) is 1.